The fourth-order valence-electron chi connectivity index (χ4n) is 5.41. The molecule has 2 bridgehead atoms. The average Bonchev–Trinajstić information content (AvgIpc) is 3.35. The van der Waals surface area contributed by atoms with Crippen molar-refractivity contribution in [3.05, 3.63) is 58.9 Å². The summed E-state index contributed by atoms with van der Waals surface area (Å²) in [4.78, 5) is 31.7. The van der Waals surface area contributed by atoms with Gasteiger partial charge in [-0.15, -0.1) is 0 Å². The van der Waals surface area contributed by atoms with Gasteiger partial charge in [-0.25, -0.2) is 8.42 Å². The van der Waals surface area contributed by atoms with Gasteiger partial charge in [0.15, 0.2) is 0 Å². The zero-order valence-electron chi connectivity index (χ0n) is 18.8. The number of fused-ring (bicyclic) bond motifs is 3. The highest BCUT2D eigenvalue weighted by Gasteiger charge is 2.43. The first-order valence-electron chi connectivity index (χ1n) is 11.3. The molecule has 2 atom stereocenters. The fourth-order valence-corrected chi connectivity index (χ4v) is 5.98. The van der Waals surface area contributed by atoms with Crippen LogP contribution < -0.4 is 15.8 Å². The molecular weight excluding hydrogens is 454 g/mol. The van der Waals surface area contributed by atoms with Gasteiger partial charge in [0, 0.05) is 47.6 Å². The summed E-state index contributed by atoms with van der Waals surface area (Å²) >= 11 is 0. The summed E-state index contributed by atoms with van der Waals surface area (Å²) in [6.45, 7) is 0. The number of amides is 2. The minimum Gasteiger partial charge on any atom is -0.381 e. The van der Waals surface area contributed by atoms with Crippen LogP contribution in [0.1, 0.15) is 57.7 Å². The molecule has 1 aromatic carbocycles. The predicted octanol–water partition coefficient (Wildman–Crippen LogP) is 2.37. The van der Waals surface area contributed by atoms with Crippen molar-refractivity contribution < 1.29 is 18.0 Å². The third-order valence-electron chi connectivity index (χ3n) is 6.81. The van der Waals surface area contributed by atoms with Crippen molar-refractivity contribution in [3.8, 4) is 0 Å². The van der Waals surface area contributed by atoms with Crippen molar-refractivity contribution in [1.82, 2.24) is 9.88 Å². The molecule has 0 unspecified atom stereocenters. The van der Waals surface area contributed by atoms with Crippen molar-refractivity contribution in [2.24, 2.45) is 5.73 Å². The number of sulfonamides is 1. The molecule has 1 aromatic heterocycles. The lowest BCUT2D eigenvalue weighted by molar-refractivity contribution is 0.0583. The number of anilines is 2. The number of primary amides is 1. The van der Waals surface area contributed by atoms with Crippen LogP contribution in [0.25, 0.3) is 6.08 Å². The second kappa shape index (κ2) is 8.43. The van der Waals surface area contributed by atoms with Crippen molar-refractivity contribution in [2.75, 3.05) is 16.3 Å². The topological polar surface area (TPSA) is 134 Å². The zero-order chi connectivity index (χ0) is 24.0. The third-order valence-corrected chi connectivity index (χ3v) is 7.42. The van der Waals surface area contributed by atoms with Gasteiger partial charge < -0.3 is 16.0 Å². The Morgan fingerprint density at radius 1 is 1.12 bits per heavy atom. The van der Waals surface area contributed by atoms with E-state index in [0.717, 1.165) is 55.3 Å². The normalized spacial score (nSPS) is 23.0. The lowest BCUT2D eigenvalue weighted by atomic mass is 9.95. The molecule has 4 N–H and O–H groups in total. The molecule has 0 saturated carbocycles. The molecule has 2 saturated heterocycles. The number of hydrogen-bond acceptors (Lipinski definition) is 6. The van der Waals surface area contributed by atoms with Crippen LogP contribution in [0.5, 0.6) is 0 Å². The average molecular weight is 482 g/mol. The molecule has 34 heavy (non-hydrogen) atoms. The van der Waals surface area contributed by atoms with Gasteiger partial charge in [0.05, 0.1) is 23.2 Å². The summed E-state index contributed by atoms with van der Waals surface area (Å²) in [5, 5.41) is 3.57. The molecule has 2 amide bonds. The quantitative estimate of drug-likeness (QED) is 0.580. The van der Waals surface area contributed by atoms with Gasteiger partial charge in [-0.2, -0.15) is 0 Å². The van der Waals surface area contributed by atoms with Gasteiger partial charge in [0.25, 0.3) is 11.8 Å². The summed E-state index contributed by atoms with van der Waals surface area (Å²) in [7, 11) is -3.37. The van der Waals surface area contributed by atoms with Crippen LogP contribution in [-0.4, -0.2) is 54.5 Å². The van der Waals surface area contributed by atoms with E-state index < -0.39 is 15.9 Å². The smallest absolute Gasteiger partial charge is 0.254 e. The van der Waals surface area contributed by atoms with Gasteiger partial charge >= 0.3 is 0 Å². The molecule has 178 valence electrons. The first-order chi connectivity index (χ1) is 16.2. The lowest BCUT2D eigenvalue weighted by Gasteiger charge is -2.40. The van der Waals surface area contributed by atoms with Crippen LogP contribution in [0.15, 0.2) is 36.5 Å². The standard InChI is InChI=1S/C24H27N5O4S/c1-34(32,33)28-15-7-5-14(6-8-15)24(31)29-17-9-10-18(29)12-16(11-17)27-22-19-3-2-4-21(19)26-13-20(22)23(25)30/h2-3,5-8,13,16-18,28H,4,9-12H2,1H3,(H2,25,30)(H,26,27)/t17-,18-/m0/s1. The number of pyridine rings is 1. The van der Waals surface area contributed by atoms with Crippen LogP contribution >= 0.6 is 0 Å². The van der Waals surface area contributed by atoms with E-state index in [2.05, 4.69) is 15.0 Å². The molecule has 2 aromatic rings. The number of carbonyl (C=O) groups is 2. The number of aromatic nitrogens is 1. The van der Waals surface area contributed by atoms with Gasteiger partial charge in [-0.1, -0.05) is 12.2 Å². The van der Waals surface area contributed by atoms with E-state index in [0.29, 0.717) is 16.8 Å². The Labute approximate surface area is 198 Å². The van der Waals surface area contributed by atoms with E-state index >= 15 is 0 Å². The molecule has 9 nitrogen and oxygen atoms in total. The number of nitrogens with zero attached hydrogens (tertiary/aromatic N) is 2. The Bertz CT molecular complexity index is 1280. The van der Waals surface area contributed by atoms with E-state index in [1.807, 2.05) is 17.1 Å². The Hall–Kier alpha value is -3.40. The molecule has 2 aliphatic heterocycles. The van der Waals surface area contributed by atoms with E-state index in [-0.39, 0.29) is 24.0 Å². The zero-order valence-corrected chi connectivity index (χ0v) is 19.6. The summed E-state index contributed by atoms with van der Waals surface area (Å²) in [5.74, 6) is -0.551. The number of hydrogen-bond donors (Lipinski definition) is 3. The van der Waals surface area contributed by atoms with E-state index in [1.165, 1.54) is 0 Å². The Morgan fingerprint density at radius 2 is 1.79 bits per heavy atom. The SMILES string of the molecule is CS(=O)(=O)Nc1ccc(C(=O)N2[C@H]3CC[C@H]2CC(Nc2c(C(N)=O)cnc4c2C=CC4)C3)cc1. The minimum atomic E-state index is -3.37. The second-order valence-electron chi connectivity index (χ2n) is 9.24. The lowest BCUT2D eigenvalue weighted by Crippen LogP contribution is -2.49. The third kappa shape index (κ3) is 4.25. The summed E-state index contributed by atoms with van der Waals surface area (Å²) in [6, 6.07) is 6.83. The van der Waals surface area contributed by atoms with Crippen LogP contribution in [0.3, 0.4) is 0 Å². The molecule has 2 fully saturated rings. The maximum atomic E-state index is 13.3. The van der Waals surface area contributed by atoms with Crippen molar-refractivity contribution >= 4 is 39.3 Å². The first kappa shape index (κ1) is 22.4. The maximum absolute atomic E-state index is 13.3. The van der Waals surface area contributed by atoms with E-state index in [9.17, 15) is 18.0 Å². The Morgan fingerprint density at radius 3 is 2.41 bits per heavy atom. The monoisotopic (exact) mass is 481 g/mol. The molecule has 5 rings (SSSR count). The Kier molecular flexibility index (Phi) is 5.55. The van der Waals surface area contributed by atoms with Crippen LogP contribution in [-0.2, 0) is 16.4 Å². The summed E-state index contributed by atoms with van der Waals surface area (Å²) in [5.41, 5.74) is 9.56. The molecule has 3 aliphatic rings. The van der Waals surface area contributed by atoms with Crippen LogP contribution in [0, 0.1) is 0 Å². The number of nitrogens with two attached hydrogens (primary N) is 1. The molecule has 3 heterocycles. The molecule has 0 spiro atoms. The summed E-state index contributed by atoms with van der Waals surface area (Å²) < 4.78 is 25.2. The van der Waals surface area contributed by atoms with Gasteiger partial charge in [0.1, 0.15) is 0 Å². The van der Waals surface area contributed by atoms with E-state index in [4.69, 9.17) is 5.73 Å². The number of rotatable bonds is 6. The number of benzene rings is 1. The number of piperidine rings is 1. The Balaban J connectivity index is 1.32. The van der Waals surface area contributed by atoms with Crippen molar-refractivity contribution in [3.63, 3.8) is 0 Å². The van der Waals surface area contributed by atoms with Gasteiger partial charge in [-0.3, -0.25) is 19.3 Å². The number of carbonyl (C=O) groups excluding carboxylic acids is 2. The summed E-state index contributed by atoms with van der Waals surface area (Å²) in [6.07, 6.45) is 10.8. The number of nitrogens with one attached hydrogen (secondary N) is 2. The van der Waals surface area contributed by atoms with Crippen LogP contribution in [0.4, 0.5) is 11.4 Å². The highest BCUT2D eigenvalue weighted by Crippen LogP contribution is 2.39. The van der Waals surface area contributed by atoms with Gasteiger partial charge in [-0.05, 0) is 49.9 Å². The highest BCUT2D eigenvalue weighted by atomic mass is 32.2. The van der Waals surface area contributed by atoms with Crippen molar-refractivity contribution in [2.45, 2.75) is 50.2 Å². The molecular formula is C24H27N5O4S. The largest absolute Gasteiger partial charge is 0.381 e. The van der Waals surface area contributed by atoms with Crippen molar-refractivity contribution in [1.29, 1.82) is 0 Å². The number of allylic oxidation sites excluding steroid dienone is 1. The molecule has 0 radical (unpaired) electrons. The first-order valence-corrected chi connectivity index (χ1v) is 13.2. The van der Waals surface area contributed by atoms with Crippen LogP contribution in [0.2, 0.25) is 0 Å². The minimum absolute atomic E-state index is 0.0394. The maximum Gasteiger partial charge on any atom is 0.254 e. The highest BCUT2D eigenvalue weighted by molar-refractivity contribution is 7.92. The second-order valence-corrected chi connectivity index (χ2v) is 11.0. The van der Waals surface area contributed by atoms with E-state index in [1.54, 1.807) is 30.5 Å². The van der Waals surface area contributed by atoms with Gasteiger partial charge in [0.2, 0.25) is 10.0 Å². The fraction of sp³-hybridized carbons (Fsp3) is 0.375. The molecule has 10 heteroatoms. The molecule has 1 aliphatic carbocycles. The predicted molar refractivity (Wildman–Crippen MR) is 130 cm³/mol.